The third kappa shape index (κ3) is 3.11. The molecule has 4 nitrogen and oxygen atoms in total. The average Bonchev–Trinajstić information content (AvgIpc) is 2.94. The average molecular weight is 293 g/mol. The van der Waals surface area contributed by atoms with Gasteiger partial charge < -0.3 is 10.6 Å². The van der Waals surface area contributed by atoms with Crippen molar-refractivity contribution in [1.82, 2.24) is 9.80 Å². The molecule has 3 aliphatic rings. The van der Waals surface area contributed by atoms with E-state index in [-0.39, 0.29) is 5.41 Å². The molecule has 1 saturated carbocycles. The van der Waals surface area contributed by atoms with E-state index in [2.05, 4.69) is 16.7 Å². The predicted molar refractivity (Wildman–Crippen MR) is 85.0 cm³/mol. The van der Waals surface area contributed by atoms with Crippen molar-refractivity contribution in [2.75, 3.05) is 26.2 Å². The van der Waals surface area contributed by atoms with Gasteiger partial charge in [0.25, 0.3) is 0 Å². The molecule has 2 N–H and O–H groups in total. The second kappa shape index (κ2) is 6.25. The highest BCUT2D eigenvalue weighted by Crippen LogP contribution is 2.39. The molecule has 2 saturated heterocycles. The number of amides is 1. The number of nitrogens with zero attached hydrogens (tertiary/aromatic N) is 2. The molecule has 0 radical (unpaired) electrons. The number of hydrogen-bond acceptors (Lipinski definition) is 3. The maximum Gasteiger partial charge on any atom is 0.223 e. The predicted octanol–water partition coefficient (Wildman–Crippen LogP) is 1.98. The number of carbonyl (C=O) groups excluding carboxylic acids is 1. The molecule has 3 rings (SSSR count). The molecular weight excluding hydrogens is 262 g/mol. The zero-order valence-electron chi connectivity index (χ0n) is 13.5. The zero-order chi connectivity index (χ0) is 14.9. The molecule has 2 aliphatic heterocycles. The molecule has 1 amide bonds. The van der Waals surface area contributed by atoms with Gasteiger partial charge in [-0.1, -0.05) is 19.3 Å². The third-order valence-electron chi connectivity index (χ3n) is 6.13. The molecule has 21 heavy (non-hydrogen) atoms. The lowest BCUT2D eigenvalue weighted by molar-refractivity contribution is -0.139. The van der Waals surface area contributed by atoms with Crippen molar-refractivity contribution in [2.45, 2.75) is 70.4 Å². The summed E-state index contributed by atoms with van der Waals surface area (Å²) in [4.78, 5) is 17.6. The van der Waals surface area contributed by atoms with Gasteiger partial charge in [-0.2, -0.15) is 0 Å². The van der Waals surface area contributed by atoms with E-state index in [1.54, 1.807) is 0 Å². The summed E-state index contributed by atoms with van der Waals surface area (Å²) in [6, 6.07) is 0.982. The molecule has 4 heteroatoms. The SMILES string of the molecule is CC1CN2CCCC2CN1C(=O)CC1(CN)CCCCC1. The first-order valence-corrected chi connectivity index (χ1v) is 8.87. The summed E-state index contributed by atoms with van der Waals surface area (Å²) >= 11 is 0. The van der Waals surface area contributed by atoms with Crippen LogP contribution in [0.4, 0.5) is 0 Å². The number of carbonyl (C=O) groups is 1. The molecule has 2 heterocycles. The minimum Gasteiger partial charge on any atom is -0.337 e. The molecule has 3 fully saturated rings. The van der Waals surface area contributed by atoms with Crippen LogP contribution in [0.1, 0.15) is 58.3 Å². The quantitative estimate of drug-likeness (QED) is 0.865. The van der Waals surface area contributed by atoms with Gasteiger partial charge in [0, 0.05) is 31.6 Å². The first kappa shape index (κ1) is 15.3. The van der Waals surface area contributed by atoms with Gasteiger partial charge in [0.15, 0.2) is 0 Å². The Kier molecular flexibility index (Phi) is 4.55. The summed E-state index contributed by atoms with van der Waals surface area (Å²) in [5, 5.41) is 0. The molecule has 0 spiro atoms. The van der Waals surface area contributed by atoms with Crippen LogP contribution in [0, 0.1) is 5.41 Å². The van der Waals surface area contributed by atoms with Crippen molar-refractivity contribution < 1.29 is 4.79 Å². The highest BCUT2D eigenvalue weighted by atomic mass is 16.2. The van der Waals surface area contributed by atoms with Crippen molar-refractivity contribution in [2.24, 2.45) is 11.1 Å². The van der Waals surface area contributed by atoms with Crippen LogP contribution < -0.4 is 5.73 Å². The van der Waals surface area contributed by atoms with Crippen molar-refractivity contribution in [3.8, 4) is 0 Å². The highest BCUT2D eigenvalue weighted by molar-refractivity contribution is 5.77. The van der Waals surface area contributed by atoms with Gasteiger partial charge in [-0.3, -0.25) is 9.69 Å². The van der Waals surface area contributed by atoms with Gasteiger partial charge in [-0.05, 0) is 51.1 Å². The van der Waals surface area contributed by atoms with Gasteiger partial charge in [0.2, 0.25) is 5.91 Å². The van der Waals surface area contributed by atoms with E-state index in [0.717, 1.165) is 25.9 Å². The first-order valence-electron chi connectivity index (χ1n) is 8.87. The lowest BCUT2D eigenvalue weighted by atomic mass is 9.71. The Morgan fingerprint density at radius 2 is 1.95 bits per heavy atom. The summed E-state index contributed by atoms with van der Waals surface area (Å²) in [7, 11) is 0. The summed E-state index contributed by atoms with van der Waals surface area (Å²) in [6.45, 7) is 6.12. The van der Waals surface area contributed by atoms with Gasteiger partial charge in [0.1, 0.15) is 0 Å². The van der Waals surface area contributed by atoms with E-state index in [0.29, 0.717) is 31.0 Å². The van der Waals surface area contributed by atoms with Crippen LogP contribution in [0.5, 0.6) is 0 Å². The third-order valence-corrected chi connectivity index (χ3v) is 6.13. The van der Waals surface area contributed by atoms with Crippen LogP contribution in [0.3, 0.4) is 0 Å². The molecular formula is C17H31N3O. The molecule has 2 unspecified atom stereocenters. The van der Waals surface area contributed by atoms with Gasteiger partial charge in [0.05, 0.1) is 0 Å². The van der Waals surface area contributed by atoms with Crippen molar-refractivity contribution in [1.29, 1.82) is 0 Å². The van der Waals surface area contributed by atoms with E-state index >= 15 is 0 Å². The number of piperazine rings is 1. The Hall–Kier alpha value is -0.610. The fourth-order valence-electron chi connectivity index (χ4n) is 4.71. The molecule has 120 valence electrons. The van der Waals surface area contributed by atoms with E-state index in [1.165, 1.54) is 38.6 Å². The Balaban J connectivity index is 1.63. The van der Waals surface area contributed by atoms with Crippen LogP contribution in [0.25, 0.3) is 0 Å². The number of nitrogens with two attached hydrogens (primary N) is 1. The Labute approximate surface area is 129 Å². The largest absolute Gasteiger partial charge is 0.337 e. The van der Waals surface area contributed by atoms with Crippen LogP contribution in [-0.4, -0.2) is 54.0 Å². The Bertz CT molecular complexity index is 378. The van der Waals surface area contributed by atoms with E-state index < -0.39 is 0 Å². The Morgan fingerprint density at radius 3 is 2.67 bits per heavy atom. The normalized spacial score (nSPS) is 33.0. The number of fused-ring (bicyclic) bond motifs is 1. The Morgan fingerprint density at radius 1 is 1.19 bits per heavy atom. The standard InChI is InChI=1S/C17H31N3O/c1-14-11-19-9-5-6-15(19)12-20(14)16(21)10-17(13-18)7-3-2-4-8-17/h14-15H,2-13,18H2,1H3. The van der Waals surface area contributed by atoms with Crippen molar-refractivity contribution in [3.63, 3.8) is 0 Å². The topological polar surface area (TPSA) is 49.6 Å². The second-order valence-corrected chi connectivity index (χ2v) is 7.63. The number of rotatable bonds is 3. The fraction of sp³-hybridized carbons (Fsp3) is 0.941. The summed E-state index contributed by atoms with van der Waals surface area (Å²) in [5.41, 5.74) is 6.16. The fourth-order valence-corrected chi connectivity index (χ4v) is 4.71. The highest BCUT2D eigenvalue weighted by Gasteiger charge is 2.39. The maximum atomic E-state index is 12.9. The van der Waals surface area contributed by atoms with Crippen molar-refractivity contribution >= 4 is 5.91 Å². The van der Waals surface area contributed by atoms with E-state index in [9.17, 15) is 4.79 Å². The maximum absolute atomic E-state index is 12.9. The molecule has 0 bridgehead atoms. The van der Waals surface area contributed by atoms with E-state index in [4.69, 9.17) is 5.73 Å². The van der Waals surface area contributed by atoms with Gasteiger partial charge in [-0.25, -0.2) is 0 Å². The first-order chi connectivity index (χ1) is 10.1. The molecule has 0 aromatic carbocycles. The molecule has 0 aromatic rings. The lowest BCUT2D eigenvalue weighted by Crippen LogP contribution is -2.57. The minimum atomic E-state index is 0.0991. The van der Waals surface area contributed by atoms with E-state index in [1.807, 2.05) is 0 Å². The molecule has 0 aromatic heterocycles. The van der Waals surface area contributed by atoms with Crippen LogP contribution in [0.2, 0.25) is 0 Å². The van der Waals surface area contributed by atoms with Crippen LogP contribution in [-0.2, 0) is 4.79 Å². The molecule has 1 aliphatic carbocycles. The van der Waals surface area contributed by atoms with Gasteiger partial charge >= 0.3 is 0 Å². The second-order valence-electron chi connectivity index (χ2n) is 7.63. The monoisotopic (exact) mass is 293 g/mol. The zero-order valence-corrected chi connectivity index (χ0v) is 13.5. The molecule has 2 atom stereocenters. The van der Waals surface area contributed by atoms with Crippen LogP contribution >= 0.6 is 0 Å². The van der Waals surface area contributed by atoms with Gasteiger partial charge in [-0.15, -0.1) is 0 Å². The number of hydrogen-bond donors (Lipinski definition) is 1. The lowest BCUT2D eigenvalue weighted by Gasteiger charge is -2.44. The minimum absolute atomic E-state index is 0.0991. The van der Waals surface area contributed by atoms with Crippen LogP contribution in [0.15, 0.2) is 0 Å². The van der Waals surface area contributed by atoms with Crippen molar-refractivity contribution in [3.05, 3.63) is 0 Å². The summed E-state index contributed by atoms with van der Waals surface area (Å²) in [6.07, 6.45) is 9.34. The summed E-state index contributed by atoms with van der Waals surface area (Å²) in [5.74, 6) is 0.362. The summed E-state index contributed by atoms with van der Waals surface area (Å²) < 4.78 is 0. The smallest absolute Gasteiger partial charge is 0.223 e.